The molecule has 1 aliphatic heterocycles. The molecule has 1 aromatic rings. The molecule has 1 unspecified atom stereocenters. The van der Waals surface area contributed by atoms with Crippen molar-refractivity contribution in [2.75, 3.05) is 32.1 Å². The Morgan fingerprint density at radius 1 is 1.53 bits per heavy atom. The Hall–Kier alpha value is -1.18. The van der Waals surface area contributed by atoms with E-state index < -0.39 is 10.0 Å². The number of nitrogens with zero attached hydrogens (tertiary/aromatic N) is 2. The third kappa shape index (κ3) is 2.88. The second-order valence-corrected chi connectivity index (χ2v) is 6.27. The lowest BCUT2D eigenvalue weighted by Gasteiger charge is -2.33. The minimum atomic E-state index is -3.49. The van der Waals surface area contributed by atoms with E-state index in [2.05, 4.69) is 10.3 Å². The molecule has 6 nitrogen and oxygen atoms in total. The highest BCUT2D eigenvalue weighted by atomic mass is 32.2. The summed E-state index contributed by atoms with van der Waals surface area (Å²) in [7, 11) is -1.74. The minimum absolute atomic E-state index is 0.0947. The average Bonchev–Trinajstić information content (AvgIpc) is 2.47. The number of nitrogens with one attached hydrogen (secondary N) is 1. The maximum absolute atomic E-state index is 12.6. The second kappa shape index (κ2) is 5.85. The fourth-order valence-corrected chi connectivity index (χ4v) is 3.71. The lowest BCUT2D eigenvalue weighted by Crippen LogP contribution is -2.48. The monoisotopic (exact) mass is 285 g/mol. The highest BCUT2D eigenvalue weighted by molar-refractivity contribution is 7.89. The van der Waals surface area contributed by atoms with Gasteiger partial charge in [-0.2, -0.15) is 4.31 Å². The van der Waals surface area contributed by atoms with Gasteiger partial charge in [-0.05, 0) is 18.6 Å². The van der Waals surface area contributed by atoms with E-state index in [4.69, 9.17) is 4.74 Å². The van der Waals surface area contributed by atoms with E-state index in [-0.39, 0.29) is 10.9 Å². The highest BCUT2D eigenvalue weighted by Gasteiger charge is 2.33. The normalized spacial score (nSPS) is 21.3. The van der Waals surface area contributed by atoms with Crippen molar-refractivity contribution in [2.24, 2.45) is 0 Å². The van der Waals surface area contributed by atoms with Crippen LogP contribution in [0.2, 0.25) is 0 Å². The average molecular weight is 285 g/mol. The van der Waals surface area contributed by atoms with Crippen LogP contribution in [0.5, 0.6) is 0 Å². The van der Waals surface area contributed by atoms with Crippen LogP contribution in [-0.4, -0.2) is 50.6 Å². The third-order valence-corrected chi connectivity index (χ3v) is 5.18. The van der Waals surface area contributed by atoms with E-state index in [1.807, 2.05) is 6.92 Å². The molecule has 1 atom stereocenters. The first-order valence-electron chi connectivity index (χ1n) is 6.33. The van der Waals surface area contributed by atoms with Crippen molar-refractivity contribution >= 4 is 15.8 Å². The van der Waals surface area contributed by atoms with Crippen molar-refractivity contribution in [3.05, 3.63) is 18.3 Å². The molecule has 0 saturated carbocycles. The molecule has 106 valence electrons. The molecule has 0 aromatic carbocycles. The van der Waals surface area contributed by atoms with E-state index in [1.54, 1.807) is 19.2 Å². The maximum atomic E-state index is 12.6. The van der Waals surface area contributed by atoms with E-state index in [1.165, 1.54) is 10.5 Å². The van der Waals surface area contributed by atoms with Crippen molar-refractivity contribution in [3.8, 4) is 0 Å². The summed E-state index contributed by atoms with van der Waals surface area (Å²) in [5.41, 5.74) is 0. The van der Waals surface area contributed by atoms with E-state index in [0.717, 1.165) is 6.42 Å². The van der Waals surface area contributed by atoms with Crippen LogP contribution in [0, 0.1) is 0 Å². The van der Waals surface area contributed by atoms with Crippen LogP contribution in [0.25, 0.3) is 0 Å². The Labute approximate surface area is 113 Å². The summed E-state index contributed by atoms with van der Waals surface area (Å²) in [5.74, 6) is 0.646. The largest absolute Gasteiger partial charge is 0.378 e. The molecule has 1 aliphatic rings. The first-order valence-corrected chi connectivity index (χ1v) is 7.77. The van der Waals surface area contributed by atoms with Crippen LogP contribution in [0.4, 0.5) is 5.82 Å². The molecule has 0 aliphatic carbocycles. The summed E-state index contributed by atoms with van der Waals surface area (Å²) in [6.45, 7) is 3.26. The fourth-order valence-electron chi connectivity index (χ4n) is 2.09. The zero-order valence-corrected chi connectivity index (χ0v) is 12.0. The van der Waals surface area contributed by atoms with Gasteiger partial charge in [-0.25, -0.2) is 13.4 Å². The van der Waals surface area contributed by atoms with Crippen molar-refractivity contribution < 1.29 is 13.2 Å². The Morgan fingerprint density at radius 2 is 2.32 bits per heavy atom. The summed E-state index contributed by atoms with van der Waals surface area (Å²) in [5, 5.41) is 2.87. The van der Waals surface area contributed by atoms with Crippen molar-refractivity contribution in [3.63, 3.8) is 0 Å². The number of sulfonamides is 1. The third-order valence-electron chi connectivity index (χ3n) is 3.24. The Balaban J connectivity index is 2.29. The fraction of sp³-hybridized carbons (Fsp3) is 0.583. The lowest BCUT2D eigenvalue weighted by atomic mass is 10.2. The van der Waals surface area contributed by atoms with Gasteiger partial charge in [0.1, 0.15) is 10.7 Å². The Bertz CT molecular complexity index is 516. The maximum Gasteiger partial charge on any atom is 0.245 e. The number of anilines is 1. The van der Waals surface area contributed by atoms with Gasteiger partial charge in [-0.15, -0.1) is 0 Å². The van der Waals surface area contributed by atoms with Crippen LogP contribution in [0.3, 0.4) is 0 Å². The van der Waals surface area contributed by atoms with Gasteiger partial charge >= 0.3 is 0 Å². The van der Waals surface area contributed by atoms with Gasteiger partial charge in [-0.1, -0.05) is 6.92 Å². The summed E-state index contributed by atoms with van der Waals surface area (Å²) >= 11 is 0. The lowest BCUT2D eigenvalue weighted by molar-refractivity contribution is 0.0314. The molecule has 1 N–H and O–H groups in total. The van der Waals surface area contributed by atoms with E-state index in [9.17, 15) is 8.42 Å². The molecule has 2 heterocycles. The first-order chi connectivity index (χ1) is 9.09. The molecule has 2 rings (SSSR count). The van der Waals surface area contributed by atoms with Crippen molar-refractivity contribution in [1.29, 1.82) is 0 Å². The summed E-state index contributed by atoms with van der Waals surface area (Å²) < 4.78 is 32.0. The SMILES string of the molecule is CCC1COCCN1S(=O)(=O)c1ccc(NC)nc1. The predicted molar refractivity (Wildman–Crippen MR) is 72.6 cm³/mol. The molecule has 1 fully saturated rings. The molecule has 0 spiro atoms. The molecule has 0 amide bonds. The Kier molecular flexibility index (Phi) is 4.38. The number of pyridine rings is 1. The predicted octanol–water partition coefficient (Wildman–Crippen LogP) is 0.923. The minimum Gasteiger partial charge on any atom is -0.378 e. The number of hydrogen-bond donors (Lipinski definition) is 1. The standard InChI is InChI=1S/C12H19N3O3S/c1-3-10-9-18-7-6-15(10)19(16,17)11-4-5-12(13-2)14-8-11/h4-5,8,10H,3,6-7,9H2,1-2H3,(H,13,14). The van der Waals surface area contributed by atoms with Crippen LogP contribution < -0.4 is 5.32 Å². The highest BCUT2D eigenvalue weighted by Crippen LogP contribution is 2.22. The summed E-state index contributed by atoms with van der Waals surface area (Å²) in [6, 6.07) is 3.15. The first kappa shape index (κ1) is 14.2. The molecule has 1 aromatic heterocycles. The zero-order valence-electron chi connectivity index (χ0n) is 11.2. The number of aromatic nitrogens is 1. The van der Waals surface area contributed by atoms with Gasteiger partial charge < -0.3 is 10.1 Å². The molecule has 7 heteroatoms. The van der Waals surface area contributed by atoms with Crippen LogP contribution in [0.15, 0.2) is 23.2 Å². The van der Waals surface area contributed by atoms with Gasteiger partial charge in [-0.3, -0.25) is 0 Å². The van der Waals surface area contributed by atoms with Crippen molar-refractivity contribution in [1.82, 2.24) is 9.29 Å². The molecular weight excluding hydrogens is 266 g/mol. The number of rotatable bonds is 4. The molecule has 19 heavy (non-hydrogen) atoms. The van der Waals surface area contributed by atoms with Gasteiger partial charge in [0, 0.05) is 25.8 Å². The quantitative estimate of drug-likeness (QED) is 0.891. The smallest absolute Gasteiger partial charge is 0.245 e. The van der Waals surface area contributed by atoms with E-state index >= 15 is 0 Å². The summed E-state index contributed by atoms with van der Waals surface area (Å²) in [4.78, 5) is 4.29. The van der Waals surface area contributed by atoms with E-state index in [0.29, 0.717) is 25.6 Å². The van der Waals surface area contributed by atoms with Gasteiger partial charge in [0.15, 0.2) is 0 Å². The summed E-state index contributed by atoms with van der Waals surface area (Å²) in [6.07, 6.45) is 2.13. The van der Waals surface area contributed by atoms with Crippen molar-refractivity contribution in [2.45, 2.75) is 24.3 Å². The number of hydrogen-bond acceptors (Lipinski definition) is 5. The molecule has 0 bridgehead atoms. The molecule has 1 saturated heterocycles. The molecular formula is C12H19N3O3S. The molecule has 0 radical (unpaired) electrons. The van der Waals surface area contributed by atoms with Crippen LogP contribution in [0.1, 0.15) is 13.3 Å². The van der Waals surface area contributed by atoms with Crippen LogP contribution >= 0.6 is 0 Å². The second-order valence-electron chi connectivity index (χ2n) is 4.38. The van der Waals surface area contributed by atoms with Gasteiger partial charge in [0.05, 0.1) is 13.2 Å². The van der Waals surface area contributed by atoms with Gasteiger partial charge in [0.2, 0.25) is 10.0 Å². The topological polar surface area (TPSA) is 71.5 Å². The zero-order chi connectivity index (χ0) is 13.9. The van der Waals surface area contributed by atoms with Gasteiger partial charge in [0.25, 0.3) is 0 Å². The number of morpholine rings is 1. The number of ether oxygens (including phenoxy) is 1. The van der Waals surface area contributed by atoms with Crippen LogP contribution in [-0.2, 0) is 14.8 Å². The Morgan fingerprint density at radius 3 is 2.89 bits per heavy atom.